The summed E-state index contributed by atoms with van der Waals surface area (Å²) in [5.74, 6) is 0.687. The molecule has 0 aliphatic rings. The SMILES string of the molecule is C=C(C)[C@@H](O)[C@H](O[C@@H](c1cc(OC)cc2ccc(=O)oc12)[C@H](O)C(=C)C)c1c(OC)ccc2ccc(=O)oc12. The highest BCUT2D eigenvalue weighted by Gasteiger charge is 2.36. The summed E-state index contributed by atoms with van der Waals surface area (Å²) < 4.78 is 28.6. The average molecular weight is 535 g/mol. The summed E-state index contributed by atoms with van der Waals surface area (Å²) in [4.78, 5) is 24.4. The Hall–Kier alpha value is -4.18. The molecule has 0 spiro atoms. The van der Waals surface area contributed by atoms with E-state index in [1.165, 1.54) is 26.4 Å². The molecule has 0 saturated heterocycles. The van der Waals surface area contributed by atoms with Crippen molar-refractivity contribution in [2.75, 3.05) is 14.2 Å². The van der Waals surface area contributed by atoms with E-state index in [9.17, 15) is 19.8 Å². The largest absolute Gasteiger partial charge is 0.497 e. The fourth-order valence-corrected chi connectivity index (χ4v) is 4.39. The van der Waals surface area contributed by atoms with Crippen LogP contribution in [0.25, 0.3) is 21.9 Å². The zero-order valence-corrected chi connectivity index (χ0v) is 22.1. The van der Waals surface area contributed by atoms with Crippen LogP contribution < -0.4 is 20.7 Å². The van der Waals surface area contributed by atoms with Gasteiger partial charge in [0.2, 0.25) is 0 Å². The van der Waals surface area contributed by atoms with E-state index in [1.54, 1.807) is 50.2 Å². The second-order valence-electron chi connectivity index (χ2n) is 9.30. The van der Waals surface area contributed by atoms with Crippen LogP contribution in [0.3, 0.4) is 0 Å². The summed E-state index contributed by atoms with van der Waals surface area (Å²) >= 11 is 0. The third-order valence-electron chi connectivity index (χ3n) is 6.43. The van der Waals surface area contributed by atoms with Crippen molar-refractivity contribution in [1.29, 1.82) is 0 Å². The molecule has 4 rings (SSSR count). The molecule has 0 aliphatic carbocycles. The Morgan fingerprint density at radius 1 is 0.769 bits per heavy atom. The van der Waals surface area contributed by atoms with E-state index >= 15 is 0 Å². The minimum absolute atomic E-state index is 0.137. The molecule has 0 aliphatic heterocycles. The monoisotopic (exact) mass is 534 g/mol. The maximum atomic E-state index is 12.2. The van der Waals surface area contributed by atoms with Gasteiger partial charge in [-0.1, -0.05) is 13.2 Å². The fraction of sp³-hybridized carbons (Fsp3) is 0.267. The van der Waals surface area contributed by atoms with Gasteiger partial charge in [-0.3, -0.25) is 0 Å². The van der Waals surface area contributed by atoms with Gasteiger partial charge in [0.15, 0.2) is 0 Å². The lowest BCUT2D eigenvalue weighted by atomic mass is 9.94. The molecule has 0 fully saturated rings. The van der Waals surface area contributed by atoms with Crippen molar-refractivity contribution >= 4 is 21.9 Å². The Morgan fingerprint density at radius 3 is 1.92 bits per heavy atom. The molecule has 2 aromatic carbocycles. The lowest BCUT2D eigenvalue weighted by molar-refractivity contribution is -0.105. The Kier molecular flexibility index (Phi) is 8.06. The molecular weight excluding hydrogens is 504 g/mol. The molecule has 0 unspecified atom stereocenters. The Morgan fingerprint density at radius 2 is 1.33 bits per heavy atom. The van der Waals surface area contributed by atoms with Crippen LogP contribution in [-0.4, -0.2) is 36.6 Å². The smallest absolute Gasteiger partial charge is 0.336 e. The first-order valence-corrected chi connectivity index (χ1v) is 12.1. The van der Waals surface area contributed by atoms with Gasteiger partial charge in [0.05, 0.1) is 19.8 Å². The van der Waals surface area contributed by atoms with Crippen molar-refractivity contribution in [3.8, 4) is 11.5 Å². The van der Waals surface area contributed by atoms with Gasteiger partial charge in [0.25, 0.3) is 0 Å². The predicted octanol–water partition coefficient (Wildman–Crippen LogP) is 4.59. The molecule has 204 valence electrons. The van der Waals surface area contributed by atoms with E-state index < -0.39 is 35.7 Å². The van der Waals surface area contributed by atoms with Crippen LogP contribution in [0.15, 0.2) is 91.3 Å². The summed E-state index contributed by atoms with van der Waals surface area (Å²) in [7, 11) is 2.91. The molecule has 2 heterocycles. The number of rotatable bonds is 10. The summed E-state index contributed by atoms with van der Waals surface area (Å²) in [6, 6.07) is 12.3. The second kappa shape index (κ2) is 11.3. The van der Waals surface area contributed by atoms with Crippen LogP contribution in [0.4, 0.5) is 0 Å². The first-order valence-electron chi connectivity index (χ1n) is 12.1. The minimum Gasteiger partial charge on any atom is -0.497 e. The van der Waals surface area contributed by atoms with Crippen molar-refractivity contribution < 1.29 is 33.3 Å². The van der Waals surface area contributed by atoms with Gasteiger partial charge in [0.1, 0.15) is 47.1 Å². The quantitative estimate of drug-likeness (QED) is 0.222. The Balaban J connectivity index is 2.02. The van der Waals surface area contributed by atoms with Crippen LogP contribution in [0.2, 0.25) is 0 Å². The predicted molar refractivity (Wildman–Crippen MR) is 146 cm³/mol. The highest BCUT2D eigenvalue weighted by atomic mass is 16.5. The van der Waals surface area contributed by atoms with Crippen LogP contribution in [0, 0.1) is 0 Å². The van der Waals surface area contributed by atoms with Crippen molar-refractivity contribution in [3.05, 3.63) is 105 Å². The van der Waals surface area contributed by atoms with Gasteiger partial charge in [-0.2, -0.15) is 0 Å². The molecular formula is C30H30O9. The molecule has 4 atom stereocenters. The van der Waals surface area contributed by atoms with Gasteiger partial charge in [0, 0.05) is 28.5 Å². The second-order valence-corrected chi connectivity index (χ2v) is 9.30. The molecule has 39 heavy (non-hydrogen) atoms. The molecule has 0 amide bonds. The molecule has 9 heteroatoms. The lowest BCUT2D eigenvalue weighted by Gasteiger charge is -2.33. The summed E-state index contributed by atoms with van der Waals surface area (Å²) in [6.45, 7) is 11.0. The van der Waals surface area contributed by atoms with Gasteiger partial charge in [-0.15, -0.1) is 0 Å². The van der Waals surface area contributed by atoms with E-state index in [-0.39, 0.29) is 28.0 Å². The number of fused-ring (bicyclic) bond motifs is 2. The number of aliphatic hydroxyl groups is 2. The maximum Gasteiger partial charge on any atom is 0.336 e. The van der Waals surface area contributed by atoms with Gasteiger partial charge >= 0.3 is 11.3 Å². The first-order chi connectivity index (χ1) is 18.5. The number of hydrogen-bond acceptors (Lipinski definition) is 9. The minimum atomic E-state index is -1.33. The van der Waals surface area contributed by atoms with Crippen LogP contribution in [0.1, 0.15) is 37.2 Å². The standard InChI is InChI=1S/C30H30O9/c1-15(2)25(33)29(20-14-19(35-5)13-18-9-12-22(31)37-27(18)20)39-30(26(34)16(3)4)24-21(36-6)10-7-17-8-11-23(32)38-28(17)24/h7-14,25-26,29-30,33-34H,1,3H2,2,4-6H3/t25-,26-,29+,30-/m1/s1. The Labute approximate surface area is 224 Å². The molecule has 4 aromatic rings. The molecule has 2 aromatic heterocycles. The maximum absolute atomic E-state index is 12.2. The third kappa shape index (κ3) is 5.51. The molecule has 0 saturated carbocycles. The number of ether oxygens (including phenoxy) is 3. The van der Waals surface area contributed by atoms with Gasteiger partial charge in [-0.25, -0.2) is 9.59 Å². The zero-order chi connectivity index (χ0) is 28.4. The van der Waals surface area contributed by atoms with Crippen LogP contribution >= 0.6 is 0 Å². The fourth-order valence-electron chi connectivity index (χ4n) is 4.39. The topological polar surface area (TPSA) is 129 Å². The highest BCUT2D eigenvalue weighted by molar-refractivity contribution is 5.83. The van der Waals surface area contributed by atoms with E-state index in [2.05, 4.69) is 13.2 Å². The van der Waals surface area contributed by atoms with Gasteiger partial charge < -0.3 is 33.3 Å². The molecule has 0 radical (unpaired) electrons. The summed E-state index contributed by atoms with van der Waals surface area (Å²) in [5.41, 5.74) is 0.268. The van der Waals surface area contributed by atoms with Crippen molar-refractivity contribution in [2.45, 2.75) is 38.3 Å². The Bertz CT molecular complexity index is 1660. The third-order valence-corrected chi connectivity index (χ3v) is 6.43. The average Bonchev–Trinajstić information content (AvgIpc) is 2.92. The van der Waals surface area contributed by atoms with E-state index in [1.807, 2.05) is 0 Å². The van der Waals surface area contributed by atoms with Crippen molar-refractivity contribution in [2.24, 2.45) is 0 Å². The molecule has 2 N–H and O–H groups in total. The number of aliphatic hydroxyl groups excluding tert-OH is 2. The highest BCUT2D eigenvalue weighted by Crippen LogP contribution is 2.43. The number of benzene rings is 2. The van der Waals surface area contributed by atoms with Crippen molar-refractivity contribution in [3.63, 3.8) is 0 Å². The van der Waals surface area contributed by atoms with Crippen LogP contribution in [-0.2, 0) is 4.74 Å². The van der Waals surface area contributed by atoms with E-state index in [0.29, 0.717) is 27.7 Å². The normalized spacial score (nSPS) is 14.5. The lowest BCUT2D eigenvalue weighted by Crippen LogP contribution is -2.30. The summed E-state index contributed by atoms with van der Waals surface area (Å²) in [5, 5.41) is 23.8. The van der Waals surface area contributed by atoms with Crippen molar-refractivity contribution in [1.82, 2.24) is 0 Å². The molecule has 9 nitrogen and oxygen atoms in total. The number of hydrogen-bond donors (Lipinski definition) is 2. The van der Waals surface area contributed by atoms with E-state index in [0.717, 1.165) is 0 Å². The van der Waals surface area contributed by atoms with E-state index in [4.69, 9.17) is 23.0 Å². The number of methoxy groups -OCH3 is 2. The van der Waals surface area contributed by atoms with Crippen LogP contribution in [0.5, 0.6) is 11.5 Å². The first kappa shape index (κ1) is 27.8. The van der Waals surface area contributed by atoms with Gasteiger partial charge in [-0.05, 0) is 61.4 Å². The molecule has 0 bridgehead atoms. The zero-order valence-electron chi connectivity index (χ0n) is 22.1. The summed E-state index contributed by atoms with van der Waals surface area (Å²) in [6.07, 6.45) is -5.15.